The number of anilines is 1. The van der Waals surface area contributed by atoms with E-state index in [9.17, 15) is 4.79 Å². The molecule has 0 unspecified atom stereocenters. The highest BCUT2D eigenvalue weighted by Gasteiger charge is 2.20. The highest BCUT2D eigenvalue weighted by Crippen LogP contribution is 2.18. The molecular weight excluding hydrogens is 332 g/mol. The molecule has 1 saturated heterocycles. The van der Waals surface area contributed by atoms with Gasteiger partial charge in [0.2, 0.25) is 5.91 Å². The molecule has 0 atom stereocenters. The van der Waals surface area contributed by atoms with Crippen molar-refractivity contribution in [3.63, 3.8) is 0 Å². The molecule has 132 valence electrons. The van der Waals surface area contributed by atoms with Crippen LogP contribution in [0.4, 0.5) is 5.69 Å². The van der Waals surface area contributed by atoms with Crippen molar-refractivity contribution >= 4 is 23.2 Å². The summed E-state index contributed by atoms with van der Waals surface area (Å²) in [6.07, 6.45) is 2.43. The summed E-state index contributed by atoms with van der Waals surface area (Å²) < 4.78 is 0. The number of rotatable bonds is 5. The molecule has 3 nitrogen and oxygen atoms in total. The van der Waals surface area contributed by atoms with Crippen molar-refractivity contribution in [2.45, 2.75) is 26.2 Å². The van der Waals surface area contributed by atoms with Gasteiger partial charge in [-0.25, -0.2) is 0 Å². The van der Waals surface area contributed by atoms with Crippen LogP contribution in [0.3, 0.4) is 0 Å². The second kappa shape index (κ2) is 8.39. The minimum atomic E-state index is 0.276. The Hall–Kier alpha value is -2.00. The molecule has 0 bridgehead atoms. The van der Waals surface area contributed by atoms with Gasteiger partial charge in [-0.15, -0.1) is 0 Å². The van der Waals surface area contributed by atoms with E-state index in [0.717, 1.165) is 44.0 Å². The largest absolute Gasteiger partial charge is 0.368 e. The Labute approximate surface area is 155 Å². The minimum absolute atomic E-state index is 0.276. The Morgan fingerprint density at radius 3 is 2.44 bits per heavy atom. The fourth-order valence-corrected chi connectivity index (χ4v) is 3.42. The van der Waals surface area contributed by atoms with E-state index in [4.69, 9.17) is 11.6 Å². The number of carbonyl (C=O) groups is 1. The van der Waals surface area contributed by atoms with Crippen LogP contribution in [0, 0.1) is 6.92 Å². The zero-order chi connectivity index (χ0) is 17.6. The number of carbonyl (C=O) groups excluding carboxylic acids is 1. The Bertz CT molecular complexity index is 706. The molecule has 1 amide bonds. The van der Waals surface area contributed by atoms with Crippen molar-refractivity contribution in [1.29, 1.82) is 0 Å². The van der Waals surface area contributed by atoms with Crippen LogP contribution in [0.15, 0.2) is 48.5 Å². The van der Waals surface area contributed by atoms with E-state index in [1.807, 2.05) is 29.2 Å². The molecule has 0 saturated carbocycles. The lowest BCUT2D eigenvalue weighted by Crippen LogP contribution is -2.48. The van der Waals surface area contributed by atoms with Crippen LogP contribution in [-0.2, 0) is 11.2 Å². The number of halogens is 1. The van der Waals surface area contributed by atoms with Crippen LogP contribution in [0.1, 0.15) is 24.0 Å². The summed E-state index contributed by atoms with van der Waals surface area (Å²) in [6.45, 7) is 5.56. The summed E-state index contributed by atoms with van der Waals surface area (Å²) in [4.78, 5) is 16.8. The molecule has 2 aromatic carbocycles. The molecule has 25 heavy (non-hydrogen) atoms. The van der Waals surface area contributed by atoms with Gasteiger partial charge in [0.05, 0.1) is 0 Å². The van der Waals surface area contributed by atoms with E-state index in [1.54, 1.807) is 0 Å². The third kappa shape index (κ3) is 4.99. The number of nitrogens with zero attached hydrogens (tertiary/aromatic N) is 2. The first-order valence-electron chi connectivity index (χ1n) is 8.96. The van der Waals surface area contributed by atoms with Gasteiger partial charge in [0.1, 0.15) is 0 Å². The molecular formula is C21H25ClN2O. The van der Waals surface area contributed by atoms with E-state index < -0.39 is 0 Å². The molecule has 1 heterocycles. The predicted molar refractivity (Wildman–Crippen MR) is 104 cm³/mol. The fraction of sp³-hybridized carbons (Fsp3) is 0.381. The molecule has 0 aliphatic carbocycles. The van der Waals surface area contributed by atoms with Gasteiger partial charge in [-0.1, -0.05) is 35.9 Å². The highest BCUT2D eigenvalue weighted by atomic mass is 35.5. The van der Waals surface area contributed by atoms with Crippen LogP contribution in [0.25, 0.3) is 0 Å². The lowest BCUT2D eigenvalue weighted by molar-refractivity contribution is -0.131. The summed E-state index contributed by atoms with van der Waals surface area (Å²) >= 11 is 5.90. The lowest BCUT2D eigenvalue weighted by atomic mass is 10.1. The monoisotopic (exact) mass is 356 g/mol. The van der Waals surface area contributed by atoms with E-state index in [0.29, 0.717) is 6.42 Å². The summed E-state index contributed by atoms with van der Waals surface area (Å²) in [7, 11) is 0. The van der Waals surface area contributed by atoms with E-state index in [1.165, 1.54) is 16.8 Å². The molecule has 3 rings (SSSR count). The van der Waals surface area contributed by atoms with E-state index in [2.05, 4.69) is 36.1 Å². The Morgan fingerprint density at radius 2 is 1.76 bits per heavy atom. The number of aryl methyl sites for hydroxylation is 2. The third-order valence-electron chi connectivity index (χ3n) is 4.77. The molecule has 0 radical (unpaired) electrons. The topological polar surface area (TPSA) is 23.6 Å². The molecule has 0 aromatic heterocycles. The van der Waals surface area contributed by atoms with Crippen LogP contribution in [0.2, 0.25) is 5.02 Å². The van der Waals surface area contributed by atoms with Crippen LogP contribution < -0.4 is 4.90 Å². The van der Waals surface area contributed by atoms with Crippen molar-refractivity contribution < 1.29 is 4.79 Å². The Morgan fingerprint density at radius 1 is 1.04 bits per heavy atom. The van der Waals surface area contributed by atoms with E-state index in [-0.39, 0.29) is 5.91 Å². The first-order chi connectivity index (χ1) is 12.1. The quantitative estimate of drug-likeness (QED) is 0.796. The third-order valence-corrected chi connectivity index (χ3v) is 5.02. The van der Waals surface area contributed by atoms with Gasteiger partial charge < -0.3 is 9.80 Å². The van der Waals surface area contributed by atoms with Crippen LogP contribution in [0.5, 0.6) is 0 Å². The minimum Gasteiger partial charge on any atom is -0.368 e. The molecule has 4 heteroatoms. The standard InChI is InChI=1S/C21H25ClN2O/c1-17-4-2-6-20(16-17)23-12-14-24(15-13-23)21(25)7-3-5-18-8-10-19(22)11-9-18/h2,4,6,8-11,16H,3,5,7,12-15H2,1H3. The summed E-state index contributed by atoms with van der Waals surface area (Å²) in [5, 5.41) is 0.756. The molecule has 0 spiro atoms. The maximum absolute atomic E-state index is 12.4. The maximum Gasteiger partial charge on any atom is 0.222 e. The average Bonchev–Trinajstić information content (AvgIpc) is 2.63. The number of amides is 1. The second-order valence-corrected chi connectivity index (χ2v) is 7.12. The first kappa shape index (κ1) is 17.8. The SMILES string of the molecule is Cc1cccc(N2CCN(C(=O)CCCc3ccc(Cl)cc3)CC2)c1. The Balaban J connectivity index is 1.43. The number of hydrogen-bond donors (Lipinski definition) is 0. The van der Waals surface area contributed by atoms with Crippen LogP contribution >= 0.6 is 11.6 Å². The molecule has 1 aliphatic rings. The first-order valence-corrected chi connectivity index (χ1v) is 9.33. The zero-order valence-electron chi connectivity index (χ0n) is 14.7. The van der Waals surface area contributed by atoms with Crippen molar-refractivity contribution in [2.75, 3.05) is 31.1 Å². The predicted octanol–water partition coefficient (Wildman–Crippen LogP) is 4.32. The summed E-state index contributed by atoms with van der Waals surface area (Å²) in [5.74, 6) is 0.276. The van der Waals surface area contributed by atoms with E-state index >= 15 is 0 Å². The van der Waals surface area contributed by atoms with Crippen molar-refractivity contribution in [2.24, 2.45) is 0 Å². The lowest BCUT2D eigenvalue weighted by Gasteiger charge is -2.36. The van der Waals surface area contributed by atoms with Gasteiger partial charge in [-0.3, -0.25) is 4.79 Å². The fourth-order valence-electron chi connectivity index (χ4n) is 3.29. The van der Waals surface area contributed by atoms with Gasteiger partial charge in [-0.2, -0.15) is 0 Å². The Kier molecular flexibility index (Phi) is 5.98. The summed E-state index contributed by atoms with van der Waals surface area (Å²) in [6, 6.07) is 16.5. The van der Waals surface area contributed by atoms with Gasteiger partial charge in [0, 0.05) is 43.3 Å². The molecule has 2 aromatic rings. The molecule has 0 N–H and O–H groups in total. The highest BCUT2D eigenvalue weighted by molar-refractivity contribution is 6.30. The smallest absolute Gasteiger partial charge is 0.222 e. The summed E-state index contributed by atoms with van der Waals surface area (Å²) in [5.41, 5.74) is 3.77. The maximum atomic E-state index is 12.4. The number of piperazine rings is 1. The number of hydrogen-bond acceptors (Lipinski definition) is 2. The second-order valence-electron chi connectivity index (χ2n) is 6.69. The van der Waals surface area contributed by atoms with Gasteiger partial charge in [0.25, 0.3) is 0 Å². The number of benzene rings is 2. The van der Waals surface area contributed by atoms with Crippen molar-refractivity contribution in [1.82, 2.24) is 4.90 Å². The van der Waals surface area contributed by atoms with Crippen molar-refractivity contribution in [3.05, 3.63) is 64.7 Å². The van der Waals surface area contributed by atoms with Crippen LogP contribution in [-0.4, -0.2) is 37.0 Å². The van der Waals surface area contributed by atoms with Crippen molar-refractivity contribution in [3.8, 4) is 0 Å². The van der Waals surface area contributed by atoms with Gasteiger partial charge in [-0.05, 0) is 55.2 Å². The zero-order valence-corrected chi connectivity index (χ0v) is 15.5. The normalized spacial score (nSPS) is 14.6. The molecule has 1 aliphatic heterocycles. The average molecular weight is 357 g/mol. The molecule has 1 fully saturated rings. The van der Waals surface area contributed by atoms with Gasteiger partial charge in [0.15, 0.2) is 0 Å². The van der Waals surface area contributed by atoms with Gasteiger partial charge >= 0.3 is 0 Å².